The van der Waals surface area contributed by atoms with Gasteiger partial charge in [0.2, 0.25) is 0 Å². The zero-order valence-electron chi connectivity index (χ0n) is 32.9. The van der Waals surface area contributed by atoms with Crippen molar-refractivity contribution in [3.05, 3.63) is 212 Å². The topological polar surface area (TPSA) is 42.2 Å². The highest BCUT2D eigenvalue weighted by Gasteiger charge is 2.37. The van der Waals surface area contributed by atoms with Gasteiger partial charge in [-0.1, -0.05) is 170 Å². The van der Waals surface area contributed by atoms with Crippen LogP contribution in [0.4, 0.5) is 5.69 Å². The van der Waals surface area contributed by atoms with E-state index in [0.29, 0.717) is 5.82 Å². The number of benzene rings is 9. The second-order valence-electron chi connectivity index (χ2n) is 15.7. The van der Waals surface area contributed by atoms with Crippen molar-refractivity contribution in [1.29, 1.82) is 0 Å². The van der Waals surface area contributed by atoms with Crippen LogP contribution >= 0.6 is 0 Å². The highest BCUT2D eigenvalue weighted by atomic mass is 16.3. The smallest absolute Gasteiger partial charge is 0.160 e. The SMILES string of the molecule is CN1c2cccc(-c3cccc(-c4nc(-c5ccccc5)cc(-c5ccccc5)n4)c3)c2-c2c(oc3ccccc23)C1c1ccc2c3ccccc3c3ccccc3c2c1. The molecule has 4 heteroatoms. The third kappa shape index (κ3) is 5.38. The minimum absolute atomic E-state index is 0.151. The maximum Gasteiger partial charge on any atom is 0.160 e. The van der Waals surface area contributed by atoms with Gasteiger partial charge in [0.25, 0.3) is 0 Å². The molecule has 11 aromatic rings. The van der Waals surface area contributed by atoms with Crippen LogP contribution in [0.5, 0.6) is 0 Å². The molecule has 0 saturated carbocycles. The van der Waals surface area contributed by atoms with Crippen LogP contribution in [0, 0.1) is 0 Å². The first-order valence-corrected chi connectivity index (χ1v) is 20.5. The number of furan rings is 1. The summed E-state index contributed by atoms with van der Waals surface area (Å²) in [7, 11) is 2.20. The zero-order chi connectivity index (χ0) is 39.7. The number of para-hydroxylation sites is 1. The summed E-state index contributed by atoms with van der Waals surface area (Å²) in [6, 6.07) is 71.0. The lowest BCUT2D eigenvalue weighted by Crippen LogP contribution is -2.28. The monoisotopic (exact) mass is 767 g/mol. The van der Waals surface area contributed by atoms with Crippen LogP contribution in [0.15, 0.2) is 205 Å². The second kappa shape index (κ2) is 13.6. The van der Waals surface area contributed by atoms with Crippen LogP contribution in [0.3, 0.4) is 0 Å². The Morgan fingerprint density at radius 2 is 0.950 bits per heavy atom. The van der Waals surface area contributed by atoms with Crippen molar-refractivity contribution >= 4 is 49.0 Å². The Morgan fingerprint density at radius 1 is 0.417 bits per heavy atom. The van der Waals surface area contributed by atoms with E-state index in [1.807, 2.05) is 12.1 Å². The van der Waals surface area contributed by atoms with Crippen molar-refractivity contribution in [3.63, 3.8) is 0 Å². The molecular weight excluding hydrogens is 731 g/mol. The molecule has 282 valence electrons. The predicted octanol–water partition coefficient (Wildman–Crippen LogP) is 14.6. The Balaban J connectivity index is 1.03. The van der Waals surface area contributed by atoms with E-state index in [9.17, 15) is 0 Å². The van der Waals surface area contributed by atoms with Gasteiger partial charge in [-0.15, -0.1) is 0 Å². The quantitative estimate of drug-likeness (QED) is 0.164. The van der Waals surface area contributed by atoms with Gasteiger partial charge in [-0.3, -0.25) is 0 Å². The third-order valence-electron chi connectivity index (χ3n) is 12.3. The molecule has 1 atom stereocenters. The van der Waals surface area contributed by atoms with Crippen LogP contribution in [0.2, 0.25) is 0 Å². The van der Waals surface area contributed by atoms with Gasteiger partial charge < -0.3 is 9.32 Å². The van der Waals surface area contributed by atoms with Crippen molar-refractivity contribution in [2.75, 3.05) is 11.9 Å². The van der Waals surface area contributed by atoms with Gasteiger partial charge in [0, 0.05) is 45.9 Å². The maximum atomic E-state index is 6.99. The first kappa shape index (κ1) is 34.2. The molecule has 1 aliphatic rings. The summed E-state index contributed by atoms with van der Waals surface area (Å²) >= 11 is 0. The number of hydrogen-bond acceptors (Lipinski definition) is 4. The van der Waals surface area contributed by atoms with E-state index in [4.69, 9.17) is 14.4 Å². The Kier molecular flexibility index (Phi) is 7.79. The van der Waals surface area contributed by atoms with Crippen LogP contribution in [-0.4, -0.2) is 17.0 Å². The van der Waals surface area contributed by atoms with E-state index in [1.54, 1.807) is 0 Å². The van der Waals surface area contributed by atoms with E-state index < -0.39 is 0 Å². The van der Waals surface area contributed by atoms with Crippen molar-refractivity contribution in [2.45, 2.75) is 6.04 Å². The average molecular weight is 768 g/mol. The van der Waals surface area contributed by atoms with Gasteiger partial charge in [0.05, 0.1) is 11.4 Å². The molecule has 4 nitrogen and oxygen atoms in total. The van der Waals surface area contributed by atoms with E-state index in [2.05, 4.69) is 200 Å². The van der Waals surface area contributed by atoms with E-state index >= 15 is 0 Å². The van der Waals surface area contributed by atoms with E-state index in [1.165, 1.54) is 37.9 Å². The summed E-state index contributed by atoms with van der Waals surface area (Å²) in [5.74, 6) is 1.63. The summed E-state index contributed by atoms with van der Waals surface area (Å²) in [4.78, 5) is 12.7. The first-order valence-electron chi connectivity index (χ1n) is 20.5. The predicted molar refractivity (Wildman–Crippen MR) is 248 cm³/mol. The summed E-state index contributed by atoms with van der Waals surface area (Å²) in [6.45, 7) is 0. The normalized spacial score (nSPS) is 13.6. The van der Waals surface area contributed by atoms with E-state index in [-0.39, 0.29) is 6.04 Å². The summed E-state index contributed by atoms with van der Waals surface area (Å²) in [6.07, 6.45) is 0. The number of hydrogen-bond donors (Lipinski definition) is 0. The van der Waals surface area contributed by atoms with Crippen LogP contribution in [0.1, 0.15) is 17.4 Å². The van der Waals surface area contributed by atoms with Gasteiger partial charge in [-0.2, -0.15) is 0 Å². The minimum atomic E-state index is -0.151. The van der Waals surface area contributed by atoms with Crippen molar-refractivity contribution in [2.24, 2.45) is 0 Å². The van der Waals surface area contributed by atoms with Crippen LogP contribution in [-0.2, 0) is 0 Å². The minimum Gasteiger partial charge on any atom is -0.458 e. The fourth-order valence-electron chi connectivity index (χ4n) is 9.55. The maximum absolute atomic E-state index is 6.99. The fourth-order valence-corrected chi connectivity index (χ4v) is 9.55. The molecule has 0 fully saturated rings. The summed E-state index contributed by atoms with van der Waals surface area (Å²) in [5.41, 5.74) is 12.6. The molecule has 0 N–H and O–H groups in total. The van der Waals surface area contributed by atoms with Crippen molar-refractivity contribution in [3.8, 4) is 56.2 Å². The van der Waals surface area contributed by atoms with Gasteiger partial charge in [-0.05, 0) is 79.3 Å². The Morgan fingerprint density at radius 3 is 1.62 bits per heavy atom. The number of aromatic nitrogens is 2. The molecule has 1 unspecified atom stereocenters. The number of fused-ring (bicyclic) bond motifs is 11. The van der Waals surface area contributed by atoms with Crippen LogP contribution in [0.25, 0.3) is 99.4 Å². The molecule has 1 aliphatic heterocycles. The number of nitrogens with zero attached hydrogens (tertiary/aromatic N) is 3. The molecule has 3 heterocycles. The lowest BCUT2D eigenvalue weighted by Gasteiger charge is -2.36. The lowest BCUT2D eigenvalue weighted by molar-refractivity contribution is 0.514. The number of rotatable bonds is 5. The largest absolute Gasteiger partial charge is 0.458 e. The Hall–Kier alpha value is -7.82. The third-order valence-corrected chi connectivity index (χ3v) is 12.3. The molecule has 9 aromatic carbocycles. The average Bonchev–Trinajstić information content (AvgIpc) is 3.71. The van der Waals surface area contributed by atoms with Gasteiger partial charge in [-0.25, -0.2) is 9.97 Å². The molecule has 0 saturated heterocycles. The lowest BCUT2D eigenvalue weighted by atomic mass is 9.83. The second-order valence-corrected chi connectivity index (χ2v) is 15.7. The first-order chi connectivity index (χ1) is 29.7. The molecule has 0 aliphatic carbocycles. The molecule has 0 bridgehead atoms. The molecular formula is C56H37N3O. The van der Waals surface area contributed by atoms with Gasteiger partial charge >= 0.3 is 0 Å². The van der Waals surface area contributed by atoms with E-state index in [0.717, 1.165) is 72.7 Å². The fraction of sp³-hybridized carbons (Fsp3) is 0.0357. The molecule has 0 amide bonds. The Labute approximate surface area is 347 Å². The highest BCUT2D eigenvalue weighted by molar-refractivity contribution is 6.25. The molecule has 0 radical (unpaired) electrons. The molecule has 2 aromatic heterocycles. The molecule has 60 heavy (non-hydrogen) atoms. The highest BCUT2D eigenvalue weighted by Crippen LogP contribution is 2.54. The Bertz CT molecular complexity index is 3370. The van der Waals surface area contributed by atoms with Gasteiger partial charge in [0.15, 0.2) is 5.82 Å². The van der Waals surface area contributed by atoms with Crippen molar-refractivity contribution in [1.82, 2.24) is 9.97 Å². The number of anilines is 1. The zero-order valence-corrected chi connectivity index (χ0v) is 32.9. The van der Waals surface area contributed by atoms with Crippen LogP contribution < -0.4 is 4.90 Å². The molecule has 0 spiro atoms. The van der Waals surface area contributed by atoms with Crippen molar-refractivity contribution < 1.29 is 4.42 Å². The molecule has 12 rings (SSSR count). The standard InChI is InChI=1S/C56H37N3O/c1-59-50-28-15-27-40(37-20-14-21-39(32-37)56-57-48(35-16-4-2-5-17-35)34-49(58-56)36-18-6-3-7-19-36)52(50)53-46-26-12-13-29-51(46)60-55(53)54(59)38-30-31-45-43-24-9-8-22-41(43)42-23-10-11-25-44(42)47(45)33-38/h2-34,54H,1H3. The summed E-state index contributed by atoms with van der Waals surface area (Å²) in [5, 5.41) is 8.69. The van der Waals surface area contributed by atoms with Gasteiger partial charge in [0.1, 0.15) is 17.4 Å². The summed E-state index contributed by atoms with van der Waals surface area (Å²) < 4.78 is 6.99.